The van der Waals surface area contributed by atoms with Crippen molar-refractivity contribution in [3.8, 4) is 11.4 Å². The van der Waals surface area contributed by atoms with E-state index in [2.05, 4.69) is 38.9 Å². The lowest BCUT2D eigenvalue weighted by Gasteiger charge is -2.14. The Morgan fingerprint density at radius 3 is 2.65 bits per heavy atom. The molecule has 136 valence electrons. The largest absolute Gasteiger partial charge is 0.302 e. The average Bonchev–Trinajstić information content (AvgIpc) is 3.26. The standard InChI is InChI=1S/C18H21N5OS2/c1-12(2)11-23-15(14-7-5-4-6-8-14)21-22-18(23)26-13(3)16(24)20-17-19-9-10-25-17/h4-10,12-13H,11H2,1-3H3,(H,19,20,24)/t13-/m1/s1. The van der Waals surface area contributed by atoms with Crippen LogP contribution in [0.25, 0.3) is 11.4 Å². The fourth-order valence-electron chi connectivity index (χ4n) is 2.41. The van der Waals surface area contributed by atoms with E-state index in [4.69, 9.17) is 0 Å². The van der Waals surface area contributed by atoms with Crippen LogP contribution in [0.3, 0.4) is 0 Å². The molecule has 0 fully saturated rings. The van der Waals surface area contributed by atoms with E-state index in [1.807, 2.05) is 42.6 Å². The summed E-state index contributed by atoms with van der Waals surface area (Å²) in [6.07, 6.45) is 1.67. The van der Waals surface area contributed by atoms with Crippen molar-refractivity contribution in [2.24, 2.45) is 5.92 Å². The van der Waals surface area contributed by atoms with Crippen LogP contribution in [0.1, 0.15) is 20.8 Å². The molecule has 1 aromatic carbocycles. The van der Waals surface area contributed by atoms with Crippen LogP contribution in [-0.4, -0.2) is 30.9 Å². The molecule has 2 heterocycles. The second-order valence-corrected chi connectivity index (χ2v) is 8.47. The molecule has 26 heavy (non-hydrogen) atoms. The topological polar surface area (TPSA) is 72.7 Å². The van der Waals surface area contributed by atoms with Crippen LogP contribution in [0.2, 0.25) is 0 Å². The number of nitrogens with one attached hydrogen (secondary N) is 1. The first-order chi connectivity index (χ1) is 12.5. The van der Waals surface area contributed by atoms with Crippen LogP contribution in [0, 0.1) is 5.92 Å². The third-order valence-electron chi connectivity index (χ3n) is 3.61. The normalized spacial score (nSPS) is 12.3. The Balaban J connectivity index is 1.80. The smallest absolute Gasteiger partial charge is 0.239 e. The molecule has 6 nitrogen and oxygen atoms in total. The molecule has 0 radical (unpaired) electrons. The number of amides is 1. The molecule has 0 spiro atoms. The highest BCUT2D eigenvalue weighted by Crippen LogP contribution is 2.28. The second kappa shape index (κ2) is 8.46. The van der Waals surface area contributed by atoms with Gasteiger partial charge in [-0.25, -0.2) is 4.98 Å². The fraction of sp³-hybridized carbons (Fsp3) is 0.333. The number of carbonyl (C=O) groups is 1. The van der Waals surface area contributed by atoms with E-state index in [1.165, 1.54) is 23.1 Å². The first kappa shape index (κ1) is 18.6. The SMILES string of the molecule is CC(C)Cn1c(S[C@H](C)C(=O)Nc2nccs2)nnc1-c1ccccc1. The lowest BCUT2D eigenvalue weighted by Crippen LogP contribution is -2.23. The summed E-state index contributed by atoms with van der Waals surface area (Å²) < 4.78 is 2.10. The summed E-state index contributed by atoms with van der Waals surface area (Å²) in [4.78, 5) is 16.5. The average molecular weight is 388 g/mol. The zero-order valence-corrected chi connectivity index (χ0v) is 16.5. The molecule has 0 saturated heterocycles. The zero-order valence-electron chi connectivity index (χ0n) is 14.9. The Kier molecular flexibility index (Phi) is 6.05. The molecule has 0 bridgehead atoms. The molecule has 8 heteroatoms. The van der Waals surface area contributed by atoms with Gasteiger partial charge < -0.3 is 9.88 Å². The highest BCUT2D eigenvalue weighted by molar-refractivity contribution is 8.00. The molecule has 3 rings (SSSR count). The van der Waals surface area contributed by atoms with Crippen LogP contribution < -0.4 is 5.32 Å². The van der Waals surface area contributed by atoms with Gasteiger partial charge in [0.2, 0.25) is 5.91 Å². The van der Waals surface area contributed by atoms with Gasteiger partial charge in [-0.15, -0.1) is 21.5 Å². The Morgan fingerprint density at radius 1 is 1.23 bits per heavy atom. The van der Waals surface area contributed by atoms with E-state index in [-0.39, 0.29) is 11.2 Å². The first-order valence-electron chi connectivity index (χ1n) is 8.40. The van der Waals surface area contributed by atoms with Crippen LogP contribution in [-0.2, 0) is 11.3 Å². The molecular weight excluding hydrogens is 366 g/mol. The maximum absolute atomic E-state index is 12.4. The predicted octanol–water partition coefficient (Wildman–Crippen LogP) is 4.18. The van der Waals surface area contributed by atoms with Gasteiger partial charge in [-0.1, -0.05) is 55.9 Å². The van der Waals surface area contributed by atoms with Crippen LogP contribution in [0.4, 0.5) is 5.13 Å². The summed E-state index contributed by atoms with van der Waals surface area (Å²) >= 11 is 2.81. The van der Waals surface area contributed by atoms with Gasteiger partial charge in [-0.05, 0) is 12.8 Å². The minimum atomic E-state index is -0.308. The first-order valence-corrected chi connectivity index (χ1v) is 10.2. The quantitative estimate of drug-likeness (QED) is 0.616. The van der Waals surface area contributed by atoms with Crippen LogP contribution in [0.15, 0.2) is 47.1 Å². The number of anilines is 1. The van der Waals surface area contributed by atoms with Crippen LogP contribution in [0.5, 0.6) is 0 Å². The lowest BCUT2D eigenvalue weighted by atomic mass is 10.2. The number of benzene rings is 1. The minimum absolute atomic E-state index is 0.0923. The minimum Gasteiger partial charge on any atom is -0.302 e. The summed E-state index contributed by atoms with van der Waals surface area (Å²) in [6, 6.07) is 10.00. The van der Waals surface area contributed by atoms with Crippen molar-refractivity contribution < 1.29 is 4.79 Å². The van der Waals surface area contributed by atoms with Gasteiger partial charge in [0.25, 0.3) is 0 Å². The number of aromatic nitrogens is 4. The van der Waals surface area contributed by atoms with Gasteiger partial charge in [0.15, 0.2) is 16.1 Å². The van der Waals surface area contributed by atoms with E-state index in [0.29, 0.717) is 11.0 Å². The number of thiazole rings is 1. The van der Waals surface area contributed by atoms with Crippen molar-refractivity contribution >= 4 is 34.1 Å². The molecule has 0 aliphatic heterocycles. The lowest BCUT2D eigenvalue weighted by molar-refractivity contribution is -0.115. The van der Waals surface area contributed by atoms with Crippen molar-refractivity contribution in [2.75, 3.05) is 5.32 Å². The summed E-state index contributed by atoms with van der Waals surface area (Å²) in [5.41, 5.74) is 1.02. The highest BCUT2D eigenvalue weighted by Gasteiger charge is 2.21. The maximum atomic E-state index is 12.4. The van der Waals surface area contributed by atoms with Crippen LogP contribution >= 0.6 is 23.1 Å². The molecule has 0 aliphatic carbocycles. The molecule has 0 aliphatic rings. The molecular formula is C18H21N5OS2. The Hall–Kier alpha value is -2.19. The number of thioether (sulfide) groups is 1. The van der Waals surface area contributed by atoms with E-state index in [1.54, 1.807) is 6.20 Å². The van der Waals surface area contributed by atoms with Gasteiger partial charge in [0, 0.05) is 23.7 Å². The third kappa shape index (κ3) is 4.50. The maximum Gasteiger partial charge on any atom is 0.239 e. The van der Waals surface area contributed by atoms with Crippen molar-refractivity contribution in [2.45, 2.75) is 37.7 Å². The van der Waals surface area contributed by atoms with Crippen molar-refractivity contribution in [1.82, 2.24) is 19.7 Å². The molecule has 2 aromatic heterocycles. The monoisotopic (exact) mass is 387 g/mol. The van der Waals surface area contributed by atoms with E-state index in [0.717, 1.165) is 23.1 Å². The second-order valence-electron chi connectivity index (χ2n) is 6.26. The van der Waals surface area contributed by atoms with E-state index < -0.39 is 0 Å². The van der Waals surface area contributed by atoms with Gasteiger partial charge in [-0.2, -0.15) is 0 Å². The molecule has 0 unspecified atom stereocenters. The molecule has 1 atom stereocenters. The number of carbonyl (C=O) groups excluding carboxylic acids is 1. The molecule has 0 saturated carbocycles. The Labute approximate surface area is 161 Å². The van der Waals surface area contributed by atoms with Crippen molar-refractivity contribution in [3.63, 3.8) is 0 Å². The fourth-order valence-corrected chi connectivity index (χ4v) is 3.80. The van der Waals surface area contributed by atoms with Gasteiger partial charge in [0.1, 0.15) is 0 Å². The third-order valence-corrected chi connectivity index (χ3v) is 5.38. The predicted molar refractivity (Wildman–Crippen MR) is 106 cm³/mol. The summed E-state index contributed by atoms with van der Waals surface area (Å²) in [6.45, 7) is 6.97. The summed E-state index contributed by atoms with van der Waals surface area (Å²) in [7, 11) is 0. The van der Waals surface area contributed by atoms with Gasteiger partial charge >= 0.3 is 0 Å². The number of rotatable bonds is 7. The summed E-state index contributed by atoms with van der Waals surface area (Å²) in [5, 5.41) is 14.4. The van der Waals surface area contributed by atoms with Gasteiger partial charge in [0.05, 0.1) is 5.25 Å². The highest BCUT2D eigenvalue weighted by atomic mass is 32.2. The number of nitrogens with zero attached hydrogens (tertiary/aromatic N) is 4. The number of hydrogen-bond donors (Lipinski definition) is 1. The van der Waals surface area contributed by atoms with Gasteiger partial charge in [-0.3, -0.25) is 4.79 Å². The van der Waals surface area contributed by atoms with E-state index >= 15 is 0 Å². The molecule has 1 amide bonds. The molecule has 3 aromatic rings. The number of hydrogen-bond acceptors (Lipinski definition) is 6. The Bertz CT molecular complexity index is 846. The van der Waals surface area contributed by atoms with Crippen molar-refractivity contribution in [3.05, 3.63) is 41.9 Å². The Morgan fingerprint density at radius 2 is 2.00 bits per heavy atom. The molecule has 1 N–H and O–H groups in total. The summed E-state index contributed by atoms with van der Waals surface area (Å²) in [5.74, 6) is 1.17. The van der Waals surface area contributed by atoms with E-state index in [9.17, 15) is 4.79 Å². The van der Waals surface area contributed by atoms with Crippen molar-refractivity contribution in [1.29, 1.82) is 0 Å². The zero-order chi connectivity index (χ0) is 18.5.